The fourth-order valence-corrected chi connectivity index (χ4v) is 7.39. The second kappa shape index (κ2) is 9.47. The molecule has 0 aliphatic heterocycles. The molecular formula is C30H46O3. The minimum Gasteiger partial charge on any atom is -0.393 e. The Labute approximate surface area is 201 Å². The maximum Gasteiger partial charge on any atom is 0.0878 e. The average Bonchev–Trinajstić information content (AvgIpc) is 3.55. The SMILES string of the molecule is C=C1/C(=C\C=C2/CCC[C@]3(C)[C@@H]([C@H](C)/C=C/C(O)(C(C)C)C4CC4)CC[C@@H]23)C[C@@H](O)C[C@@H]1O. The first kappa shape index (κ1) is 24.9. The molecule has 4 aliphatic carbocycles. The summed E-state index contributed by atoms with van der Waals surface area (Å²) in [6.07, 6.45) is 17.2. The third kappa shape index (κ3) is 4.83. The Morgan fingerprint density at radius 2 is 1.82 bits per heavy atom. The van der Waals surface area contributed by atoms with Crippen LogP contribution in [0.15, 0.2) is 47.6 Å². The molecule has 4 rings (SSSR count). The molecule has 4 saturated carbocycles. The van der Waals surface area contributed by atoms with E-state index < -0.39 is 17.8 Å². The molecule has 0 amide bonds. The van der Waals surface area contributed by atoms with E-state index >= 15 is 0 Å². The van der Waals surface area contributed by atoms with Crippen molar-refractivity contribution in [2.24, 2.45) is 35.0 Å². The van der Waals surface area contributed by atoms with Crippen molar-refractivity contribution in [3.05, 3.63) is 47.6 Å². The molecule has 3 heteroatoms. The zero-order valence-corrected chi connectivity index (χ0v) is 21.3. The van der Waals surface area contributed by atoms with Gasteiger partial charge in [0.15, 0.2) is 0 Å². The summed E-state index contributed by atoms with van der Waals surface area (Å²) in [6.45, 7) is 13.2. The third-order valence-corrected chi connectivity index (χ3v) is 9.76. The van der Waals surface area contributed by atoms with Crippen molar-refractivity contribution in [2.45, 2.75) is 103 Å². The van der Waals surface area contributed by atoms with Crippen LogP contribution in [0, 0.1) is 35.0 Å². The Kier molecular flexibility index (Phi) is 7.16. The third-order valence-electron chi connectivity index (χ3n) is 9.76. The highest BCUT2D eigenvalue weighted by atomic mass is 16.3. The molecule has 3 nitrogen and oxygen atoms in total. The van der Waals surface area contributed by atoms with Crippen molar-refractivity contribution in [1.82, 2.24) is 0 Å². The summed E-state index contributed by atoms with van der Waals surface area (Å²) in [6, 6.07) is 0. The molecule has 184 valence electrons. The number of rotatable bonds is 6. The maximum absolute atomic E-state index is 11.3. The summed E-state index contributed by atoms with van der Waals surface area (Å²) in [4.78, 5) is 0. The van der Waals surface area contributed by atoms with Crippen molar-refractivity contribution in [1.29, 1.82) is 0 Å². The molecule has 1 unspecified atom stereocenters. The predicted molar refractivity (Wildman–Crippen MR) is 136 cm³/mol. The Hall–Kier alpha value is -1.16. The largest absolute Gasteiger partial charge is 0.393 e. The molecule has 3 N–H and O–H groups in total. The first-order chi connectivity index (χ1) is 15.6. The van der Waals surface area contributed by atoms with Crippen molar-refractivity contribution < 1.29 is 15.3 Å². The minimum atomic E-state index is -0.644. The van der Waals surface area contributed by atoms with Gasteiger partial charge < -0.3 is 15.3 Å². The van der Waals surface area contributed by atoms with E-state index in [9.17, 15) is 15.3 Å². The molecule has 0 spiro atoms. The van der Waals surface area contributed by atoms with E-state index in [-0.39, 0.29) is 5.92 Å². The number of aliphatic hydroxyl groups excluding tert-OH is 2. The summed E-state index contributed by atoms with van der Waals surface area (Å²) in [5.74, 6) is 2.40. The highest BCUT2D eigenvalue weighted by Crippen LogP contribution is 2.59. The first-order valence-corrected chi connectivity index (χ1v) is 13.4. The van der Waals surface area contributed by atoms with E-state index in [0.29, 0.717) is 41.9 Å². The fourth-order valence-electron chi connectivity index (χ4n) is 7.39. The van der Waals surface area contributed by atoms with E-state index in [1.54, 1.807) is 0 Å². The second-order valence-corrected chi connectivity index (χ2v) is 12.2. The van der Waals surface area contributed by atoms with Crippen LogP contribution in [-0.4, -0.2) is 33.1 Å². The van der Waals surface area contributed by atoms with E-state index in [4.69, 9.17) is 0 Å². The van der Waals surface area contributed by atoms with E-state index in [0.717, 1.165) is 30.4 Å². The number of allylic oxidation sites excluding steroid dienone is 4. The van der Waals surface area contributed by atoms with Gasteiger partial charge in [0.1, 0.15) is 0 Å². The van der Waals surface area contributed by atoms with Crippen LogP contribution < -0.4 is 0 Å². The lowest BCUT2D eigenvalue weighted by Gasteiger charge is -2.44. The van der Waals surface area contributed by atoms with Crippen LogP contribution in [-0.2, 0) is 0 Å². The molecule has 0 heterocycles. The lowest BCUT2D eigenvalue weighted by Crippen LogP contribution is -2.37. The van der Waals surface area contributed by atoms with Crippen LogP contribution in [0.4, 0.5) is 0 Å². The topological polar surface area (TPSA) is 60.7 Å². The van der Waals surface area contributed by atoms with Gasteiger partial charge in [0.2, 0.25) is 0 Å². The maximum atomic E-state index is 11.3. The number of hydrogen-bond donors (Lipinski definition) is 3. The zero-order chi connectivity index (χ0) is 24.0. The van der Waals surface area contributed by atoms with Crippen LogP contribution in [0.25, 0.3) is 0 Å². The summed E-state index contributed by atoms with van der Waals surface area (Å²) in [5, 5.41) is 31.5. The zero-order valence-electron chi connectivity index (χ0n) is 21.3. The van der Waals surface area contributed by atoms with Gasteiger partial charge in [0, 0.05) is 6.42 Å². The monoisotopic (exact) mass is 454 g/mol. The van der Waals surface area contributed by atoms with Gasteiger partial charge in [-0.1, -0.05) is 64.2 Å². The predicted octanol–water partition coefficient (Wildman–Crippen LogP) is 6.12. The molecule has 7 atom stereocenters. The van der Waals surface area contributed by atoms with E-state index in [2.05, 4.69) is 58.6 Å². The highest BCUT2D eigenvalue weighted by molar-refractivity contribution is 5.38. The standard InChI is InChI=1S/C30H46O3/c1-19(2)30(33,24-10-11-24)16-14-20(3)26-12-13-27-22(7-6-15-29(26,27)5)8-9-23-17-25(31)18-28(32)21(23)4/h8-9,14,16,19-20,24-28,31-33H,4,6-7,10-13,15,17-18H2,1-3,5H3/b16-14+,22-8+,23-9-/t20-,25-,26-,27+,28+,29-,30?/m1/s1. The van der Waals surface area contributed by atoms with Crippen LogP contribution in [0.2, 0.25) is 0 Å². The van der Waals surface area contributed by atoms with Crippen LogP contribution in [0.5, 0.6) is 0 Å². The van der Waals surface area contributed by atoms with Gasteiger partial charge in [-0.05, 0) is 97.5 Å². The smallest absolute Gasteiger partial charge is 0.0878 e. The molecule has 0 bridgehead atoms. The lowest BCUT2D eigenvalue weighted by atomic mass is 9.61. The Bertz CT molecular complexity index is 827. The molecule has 0 aromatic heterocycles. The minimum absolute atomic E-state index is 0.254. The number of hydrogen-bond acceptors (Lipinski definition) is 3. The van der Waals surface area contributed by atoms with Crippen LogP contribution in [0.1, 0.15) is 85.5 Å². The lowest BCUT2D eigenvalue weighted by molar-refractivity contribution is 0.0202. The molecular weight excluding hydrogens is 408 g/mol. The normalized spacial score (nSPS) is 40.5. The summed E-state index contributed by atoms with van der Waals surface area (Å²) in [5.41, 5.74) is 2.96. The summed E-state index contributed by atoms with van der Waals surface area (Å²) < 4.78 is 0. The van der Waals surface area contributed by atoms with E-state index in [1.165, 1.54) is 31.3 Å². The molecule has 0 radical (unpaired) electrons. The summed E-state index contributed by atoms with van der Waals surface area (Å²) >= 11 is 0. The van der Waals surface area contributed by atoms with Crippen molar-refractivity contribution in [2.75, 3.05) is 0 Å². The quantitative estimate of drug-likeness (QED) is 0.424. The second-order valence-electron chi connectivity index (χ2n) is 12.2. The summed E-state index contributed by atoms with van der Waals surface area (Å²) in [7, 11) is 0. The molecule has 4 aliphatic rings. The number of aliphatic hydroxyl groups is 3. The van der Waals surface area contributed by atoms with Gasteiger partial charge in [0.25, 0.3) is 0 Å². The van der Waals surface area contributed by atoms with Gasteiger partial charge in [0.05, 0.1) is 17.8 Å². The Morgan fingerprint density at radius 3 is 2.48 bits per heavy atom. The molecule has 33 heavy (non-hydrogen) atoms. The molecule has 4 fully saturated rings. The van der Waals surface area contributed by atoms with Crippen molar-refractivity contribution in [3.63, 3.8) is 0 Å². The Morgan fingerprint density at radius 1 is 1.09 bits per heavy atom. The Balaban J connectivity index is 1.50. The fraction of sp³-hybridized carbons (Fsp3) is 0.733. The van der Waals surface area contributed by atoms with Crippen molar-refractivity contribution >= 4 is 0 Å². The van der Waals surface area contributed by atoms with Crippen LogP contribution >= 0.6 is 0 Å². The van der Waals surface area contributed by atoms with Gasteiger partial charge in [-0.2, -0.15) is 0 Å². The highest BCUT2D eigenvalue weighted by Gasteiger charge is 2.50. The van der Waals surface area contributed by atoms with E-state index in [1.807, 2.05) is 0 Å². The van der Waals surface area contributed by atoms with Crippen LogP contribution in [0.3, 0.4) is 0 Å². The van der Waals surface area contributed by atoms with Gasteiger partial charge in [-0.15, -0.1) is 0 Å². The average molecular weight is 455 g/mol. The van der Waals surface area contributed by atoms with Gasteiger partial charge in [-0.3, -0.25) is 0 Å². The first-order valence-electron chi connectivity index (χ1n) is 13.4. The number of fused-ring (bicyclic) bond motifs is 1. The van der Waals surface area contributed by atoms with Crippen molar-refractivity contribution in [3.8, 4) is 0 Å². The molecule has 0 aromatic rings. The van der Waals surface area contributed by atoms with Gasteiger partial charge in [-0.25, -0.2) is 0 Å². The molecule has 0 saturated heterocycles. The van der Waals surface area contributed by atoms with Gasteiger partial charge >= 0.3 is 0 Å². The molecule has 0 aromatic carbocycles.